The number of hydrogen-bond acceptors (Lipinski definition) is 2. The number of fused-ring (bicyclic) bond motifs is 1. The van der Waals surface area contributed by atoms with Crippen molar-refractivity contribution >= 4 is 17.6 Å². The highest BCUT2D eigenvalue weighted by Gasteiger charge is 2.35. The predicted molar refractivity (Wildman–Crippen MR) is 78.1 cm³/mol. The average molecular weight is 275 g/mol. The highest BCUT2D eigenvalue weighted by atomic mass is 16.4. The third kappa shape index (κ3) is 2.42. The van der Waals surface area contributed by atoms with Crippen molar-refractivity contribution in [2.45, 2.75) is 52.0 Å². The number of carboxylic acid groups (broad SMARTS) is 1. The Bertz CT molecular complexity index is 563. The van der Waals surface area contributed by atoms with E-state index in [1.165, 1.54) is 0 Å². The Hall–Kier alpha value is -1.84. The summed E-state index contributed by atoms with van der Waals surface area (Å²) in [4.78, 5) is 24.8. The van der Waals surface area contributed by atoms with Crippen LogP contribution in [0.25, 0.3) is 0 Å². The fourth-order valence-electron chi connectivity index (χ4n) is 2.91. The molecule has 20 heavy (non-hydrogen) atoms. The molecule has 0 radical (unpaired) electrons. The maximum Gasteiger partial charge on any atom is 0.310 e. The number of anilines is 1. The molecule has 2 rings (SSSR count). The largest absolute Gasteiger partial charge is 0.481 e. The van der Waals surface area contributed by atoms with Crippen molar-refractivity contribution in [2.75, 3.05) is 4.90 Å². The second-order valence-electron chi connectivity index (χ2n) is 6.11. The van der Waals surface area contributed by atoms with Crippen LogP contribution in [0.5, 0.6) is 0 Å². The maximum absolute atomic E-state index is 11.9. The summed E-state index contributed by atoms with van der Waals surface area (Å²) in [5.41, 5.74) is 2.57. The van der Waals surface area contributed by atoms with Crippen LogP contribution in [0.15, 0.2) is 18.2 Å². The minimum absolute atomic E-state index is 0.0231. The maximum atomic E-state index is 11.9. The zero-order valence-electron chi connectivity index (χ0n) is 12.4. The fourth-order valence-corrected chi connectivity index (χ4v) is 2.91. The summed E-state index contributed by atoms with van der Waals surface area (Å²) in [5.74, 6) is -1.33. The van der Waals surface area contributed by atoms with E-state index < -0.39 is 11.9 Å². The monoisotopic (exact) mass is 275 g/mol. The molecule has 4 heteroatoms. The van der Waals surface area contributed by atoms with Gasteiger partial charge in [0.2, 0.25) is 5.91 Å². The molecule has 0 aliphatic carbocycles. The molecule has 0 fully saturated rings. The Labute approximate surface area is 119 Å². The molecule has 1 aromatic rings. The molecule has 1 amide bonds. The van der Waals surface area contributed by atoms with Crippen LogP contribution in [0.4, 0.5) is 5.69 Å². The van der Waals surface area contributed by atoms with E-state index in [0.717, 1.165) is 29.7 Å². The van der Waals surface area contributed by atoms with E-state index in [1.807, 2.05) is 23.1 Å². The second-order valence-corrected chi connectivity index (χ2v) is 6.11. The summed E-state index contributed by atoms with van der Waals surface area (Å²) in [6.45, 7) is 7.38. The Morgan fingerprint density at radius 1 is 1.35 bits per heavy atom. The summed E-state index contributed by atoms with van der Waals surface area (Å²) in [7, 11) is 0. The van der Waals surface area contributed by atoms with E-state index in [-0.39, 0.29) is 11.4 Å². The van der Waals surface area contributed by atoms with Gasteiger partial charge in [-0.2, -0.15) is 0 Å². The molecule has 1 heterocycles. The molecule has 0 saturated carbocycles. The lowest BCUT2D eigenvalue weighted by atomic mass is 9.85. The van der Waals surface area contributed by atoms with Gasteiger partial charge in [-0.25, -0.2) is 0 Å². The number of aryl methyl sites for hydroxylation is 1. The number of carbonyl (C=O) groups excluding carboxylic acids is 1. The van der Waals surface area contributed by atoms with Gasteiger partial charge in [0.1, 0.15) is 0 Å². The Morgan fingerprint density at radius 3 is 2.55 bits per heavy atom. The molecular weight excluding hydrogens is 254 g/mol. The van der Waals surface area contributed by atoms with E-state index in [4.69, 9.17) is 5.11 Å². The van der Waals surface area contributed by atoms with Gasteiger partial charge in [-0.3, -0.25) is 9.59 Å². The van der Waals surface area contributed by atoms with Crippen LogP contribution in [0, 0.1) is 0 Å². The van der Waals surface area contributed by atoms with Gasteiger partial charge < -0.3 is 10.0 Å². The number of benzene rings is 1. The first-order valence-corrected chi connectivity index (χ1v) is 6.90. The summed E-state index contributed by atoms with van der Waals surface area (Å²) in [6.07, 6.45) is 1.75. The standard InChI is InChI=1S/C16H21NO3/c1-10(15(19)20)12-5-6-14-13(9-12)7-8-16(3,4)17(14)11(2)18/h5-6,9-10H,7-8H2,1-4H3,(H,19,20). The molecule has 0 aromatic heterocycles. The van der Waals surface area contributed by atoms with Crippen molar-refractivity contribution in [3.05, 3.63) is 29.3 Å². The third-order valence-electron chi connectivity index (χ3n) is 4.14. The second kappa shape index (κ2) is 4.93. The average Bonchev–Trinajstić information content (AvgIpc) is 2.35. The Balaban J connectivity index is 2.47. The van der Waals surface area contributed by atoms with Crippen LogP contribution in [0.1, 0.15) is 51.2 Å². The van der Waals surface area contributed by atoms with Gasteiger partial charge in [0, 0.05) is 18.2 Å². The van der Waals surface area contributed by atoms with E-state index in [1.54, 1.807) is 13.8 Å². The number of nitrogens with zero attached hydrogens (tertiary/aromatic N) is 1. The van der Waals surface area contributed by atoms with Gasteiger partial charge in [0.25, 0.3) is 0 Å². The van der Waals surface area contributed by atoms with Gasteiger partial charge in [0.05, 0.1) is 5.92 Å². The van der Waals surface area contributed by atoms with Crippen LogP contribution in [0.3, 0.4) is 0 Å². The summed E-state index contributed by atoms with van der Waals surface area (Å²) >= 11 is 0. The molecule has 108 valence electrons. The molecule has 0 spiro atoms. The first-order chi connectivity index (χ1) is 9.24. The Kier molecular flexibility index (Phi) is 3.59. The van der Waals surface area contributed by atoms with Gasteiger partial charge >= 0.3 is 5.97 Å². The number of carbonyl (C=O) groups is 2. The van der Waals surface area contributed by atoms with Crippen molar-refractivity contribution in [1.29, 1.82) is 0 Å². The highest BCUT2D eigenvalue weighted by molar-refractivity contribution is 5.94. The molecule has 1 atom stereocenters. The lowest BCUT2D eigenvalue weighted by Crippen LogP contribution is -2.50. The molecule has 0 bridgehead atoms. The van der Waals surface area contributed by atoms with Crippen LogP contribution >= 0.6 is 0 Å². The summed E-state index contributed by atoms with van der Waals surface area (Å²) < 4.78 is 0. The smallest absolute Gasteiger partial charge is 0.310 e. The molecular formula is C16H21NO3. The van der Waals surface area contributed by atoms with E-state index in [0.29, 0.717) is 0 Å². The summed E-state index contributed by atoms with van der Waals surface area (Å²) in [5, 5.41) is 9.10. The SMILES string of the molecule is CC(=O)N1c2ccc(C(C)C(=O)O)cc2CCC1(C)C. The van der Waals surface area contributed by atoms with Gasteiger partial charge in [-0.15, -0.1) is 0 Å². The molecule has 1 aromatic carbocycles. The molecule has 1 aliphatic heterocycles. The van der Waals surface area contributed by atoms with E-state index >= 15 is 0 Å². The van der Waals surface area contributed by atoms with Crippen LogP contribution in [0.2, 0.25) is 0 Å². The van der Waals surface area contributed by atoms with Gasteiger partial charge in [0.15, 0.2) is 0 Å². The molecule has 0 saturated heterocycles. The first-order valence-electron chi connectivity index (χ1n) is 6.90. The lowest BCUT2D eigenvalue weighted by molar-refractivity contribution is -0.138. The topological polar surface area (TPSA) is 57.6 Å². The zero-order valence-corrected chi connectivity index (χ0v) is 12.4. The molecule has 1 unspecified atom stereocenters. The predicted octanol–water partition coefficient (Wildman–Crippen LogP) is 2.95. The lowest BCUT2D eigenvalue weighted by Gasteiger charge is -2.43. The normalized spacial score (nSPS) is 18.3. The number of amides is 1. The van der Waals surface area contributed by atoms with Crippen molar-refractivity contribution in [1.82, 2.24) is 0 Å². The fraction of sp³-hybridized carbons (Fsp3) is 0.500. The number of hydrogen-bond donors (Lipinski definition) is 1. The highest BCUT2D eigenvalue weighted by Crippen LogP contribution is 2.38. The minimum atomic E-state index is -0.829. The van der Waals surface area contributed by atoms with Crippen LogP contribution in [-0.2, 0) is 16.0 Å². The van der Waals surface area contributed by atoms with Crippen molar-refractivity contribution in [2.24, 2.45) is 0 Å². The van der Waals surface area contributed by atoms with Crippen LogP contribution < -0.4 is 4.90 Å². The first kappa shape index (κ1) is 14.6. The number of aliphatic carboxylic acids is 1. The van der Waals surface area contributed by atoms with E-state index in [2.05, 4.69) is 13.8 Å². The van der Waals surface area contributed by atoms with Gasteiger partial charge in [-0.1, -0.05) is 12.1 Å². The molecule has 1 N–H and O–H groups in total. The molecule has 4 nitrogen and oxygen atoms in total. The molecule has 1 aliphatic rings. The minimum Gasteiger partial charge on any atom is -0.481 e. The Morgan fingerprint density at radius 2 is 2.00 bits per heavy atom. The van der Waals surface area contributed by atoms with Crippen molar-refractivity contribution in [3.63, 3.8) is 0 Å². The third-order valence-corrected chi connectivity index (χ3v) is 4.14. The van der Waals surface area contributed by atoms with Gasteiger partial charge in [-0.05, 0) is 50.8 Å². The zero-order chi connectivity index (χ0) is 15.1. The van der Waals surface area contributed by atoms with Crippen molar-refractivity contribution < 1.29 is 14.7 Å². The van der Waals surface area contributed by atoms with Crippen LogP contribution in [-0.4, -0.2) is 22.5 Å². The number of carboxylic acids is 1. The van der Waals surface area contributed by atoms with E-state index in [9.17, 15) is 9.59 Å². The quantitative estimate of drug-likeness (QED) is 0.902. The number of rotatable bonds is 2. The summed E-state index contributed by atoms with van der Waals surface area (Å²) in [6, 6.07) is 5.63. The van der Waals surface area contributed by atoms with Crippen molar-refractivity contribution in [3.8, 4) is 0 Å².